The minimum absolute atomic E-state index is 0.0152. The van der Waals surface area contributed by atoms with Crippen molar-refractivity contribution in [3.63, 3.8) is 0 Å². The van der Waals surface area contributed by atoms with Crippen molar-refractivity contribution in [1.29, 1.82) is 0 Å². The van der Waals surface area contributed by atoms with E-state index in [1.807, 2.05) is 12.1 Å². The summed E-state index contributed by atoms with van der Waals surface area (Å²) in [6, 6.07) is 5.53. The lowest BCUT2D eigenvalue weighted by Gasteiger charge is -2.43. The Balaban J connectivity index is 2.55. The highest BCUT2D eigenvalue weighted by atomic mass is 16.7. The maximum atomic E-state index is 10.9. The highest BCUT2D eigenvalue weighted by molar-refractivity contribution is 5.76. The molecule has 0 N–H and O–H groups in total. The summed E-state index contributed by atoms with van der Waals surface area (Å²) in [7, 11) is 3.27. The van der Waals surface area contributed by atoms with Crippen LogP contribution in [0.1, 0.15) is 42.6 Å². The summed E-state index contributed by atoms with van der Waals surface area (Å²) >= 11 is 0. The largest absolute Gasteiger partial charge is 0.462 e. The van der Waals surface area contributed by atoms with Crippen molar-refractivity contribution >= 4 is 6.29 Å². The monoisotopic (exact) mass is 278 g/mol. The Hall–Kier alpha value is -1.39. The average molecular weight is 278 g/mol. The maximum Gasteiger partial charge on any atom is 0.226 e. The van der Waals surface area contributed by atoms with Gasteiger partial charge >= 0.3 is 0 Å². The first-order valence-corrected chi connectivity index (χ1v) is 6.73. The van der Waals surface area contributed by atoms with Crippen LogP contribution in [0.25, 0.3) is 0 Å². The lowest BCUT2D eigenvalue weighted by Crippen LogP contribution is -2.47. The van der Waals surface area contributed by atoms with Gasteiger partial charge in [0.2, 0.25) is 6.29 Å². The molecule has 0 aliphatic carbocycles. The summed E-state index contributed by atoms with van der Waals surface area (Å²) in [6.45, 7) is 6.50. The molecule has 0 fully saturated rings. The zero-order valence-electron chi connectivity index (χ0n) is 12.7. The first kappa shape index (κ1) is 15.0. The van der Waals surface area contributed by atoms with Crippen LogP contribution in [0.5, 0.6) is 5.75 Å². The topological polar surface area (TPSA) is 44.8 Å². The highest BCUT2D eigenvalue weighted by Crippen LogP contribution is 2.47. The number of ether oxygens (including phenoxy) is 3. The Morgan fingerprint density at radius 3 is 2.40 bits per heavy atom. The van der Waals surface area contributed by atoms with Crippen LogP contribution in [0, 0.1) is 5.41 Å². The van der Waals surface area contributed by atoms with Gasteiger partial charge in [-0.2, -0.15) is 0 Å². The molecule has 0 aromatic heterocycles. The predicted molar refractivity (Wildman–Crippen MR) is 76.2 cm³/mol. The first-order chi connectivity index (χ1) is 9.42. The molecule has 3 atom stereocenters. The van der Waals surface area contributed by atoms with Gasteiger partial charge in [-0.3, -0.25) is 4.79 Å². The third kappa shape index (κ3) is 2.58. The zero-order chi connectivity index (χ0) is 14.9. The number of fused-ring (bicyclic) bond motifs is 1. The normalized spacial score (nSPS) is 25.8. The van der Waals surface area contributed by atoms with Gasteiger partial charge < -0.3 is 14.2 Å². The third-order valence-corrected chi connectivity index (χ3v) is 3.79. The summed E-state index contributed by atoms with van der Waals surface area (Å²) < 4.78 is 16.9. The summed E-state index contributed by atoms with van der Waals surface area (Å²) in [5.74, 6) is 0.830. The van der Waals surface area contributed by atoms with Gasteiger partial charge in [-0.15, -0.1) is 0 Å². The molecule has 1 aliphatic heterocycles. The van der Waals surface area contributed by atoms with E-state index >= 15 is 0 Å². The summed E-state index contributed by atoms with van der Waals surface area (Å²) in [5.41, 5.74) is 1.64. The molecule has 0 saturated carbocycles. The minimum atomic E-state index is -0.473. The van der Waals surface area contributed by atoms with E-state index in [4.69, 9.17) is 14.2 Å². The number of hydrogen-bond donors (Lipinski definition) is 0. The quantitative estimate of drug-likeness (QED) is 0.797. The molecule has 110 valence electrons. The van der Waals surface area contributed by atoms with Crippen molar-refractivity contribution in [2.45, 2.75) is 39.1 Å². The second kappa shape index (κ2) is 5.54. The SMILES string of the molecule is COC1C(C(C)(C)C)c2ccc(C=O)cc2O[C@@H]1OC. The Morgan fingerprint density at radius 2 is 1.90 bits per heavy atom. The third-order valence-electron chi connectivity index (χ3n) is 3.79. The van der Waals surface area contributed by atoms with Crippen molar-refractivity contribution in [1.82, 2.24) is 0 Å². The van der Waals surface area contributed by atoms with Crippen LogP contribution in [0.3, 0.4) is 0 Å². The van der Waals surface area contributed by atoms with E-state index < -0.39 is 6.29 Å². The van der Waals surface area contributed by atoms with Crippen LogP contribution < -0.4 is 4.74 Å². The summed E-state index contributed by atoms with van der Waals surface area (Å²) in [4.78, 5) is 10.9. The van der Waals surface area contributed by atoms with Gasteiger partial charge in [0.25, 0.3) is 0 Å². The standard InChI is InChI=1S/C16H22O4/c1-16(2,3)13-11-7-6-10(9-17)8-12(11)20-15(19-5)14(13)18-4/h6-9,13-15H,1-5H3/t13?,14?,15-/m0/s1. The van der Waals surface area contributed by atoms with Crippen LogP contribution in [-0.2, 0) is 9.47 Å². The fourth-order valence-electron chi connectivity index (χ4n) is 2.90. The second-order valence-electron chi connectivity index (χ2n) is 6.18. The van der Waals surface area contributed by atoms with Crippen LogP contribution >= 0.6 is 0 Å². The Morgan fingerprint density at radius 1 is 1.20 bits per heavy atom. The molecule has 0 amide bonds. The fraction of sp³-hybridized carbons (Fsp3) is 0.562. The molecule has 4 nitrogen and oxygen atoms in total. The van der Waals surface area contributed by atoms with E-state index in [1.54, 1.807) is 20.3 Å². The van der Waals surface area contributed by atoms with Crippen molar-refractivity contribution in [2.75, 3.05) is 14.2 Å². The number of carbonyl (C=O) groups excluding carboxylic acids is 1. The van der Waals surface area contributed by atoms with Crippen LogP contribution in [0.4, 0.5) is 0 Å². The Labute approximate surface area is 120 Å². The molecule has 1 aromatic rings. The lowest BCUT2D eigenvalue weighted by molar-refractivity contribution is -0.167. The van der Waals surface area contributed by atoms with Crippen LogP contribution in [-0.4, -0.2) is 32.9 Å². The molecule has 4 heteroatoms. The molecule has 0 saturated heterocycles. The lowest BCUT2D eigenvalue weighted by atomic mass is 9.71. The number of hydrogen-bond acceptors (Lipinski definition) is 4. The van der Waals surface area contributed by atoms with Crippen molar-refractivity contribution in [3.05, 3.63) is 29.3 Å². The van der Waals surface area contributed by atoms with E-state index in [0.29, 0.717) is 11.3 Å². The van der Waals surface area contributed by atoms with Crippen LogP contribution in [0.2, 0.25) is 0 Å². The highest BCUT2D eigenvalue weighted by Gasteiger charge is 2.44. The number of rotatable bonds is 3. The van der Waals surface area contributed by atoms with Gasteiger partial charge in [0.15, 0.2) is 0 Å². The van der Waals surface area contributed by atoms with E-state index in [2.05, 4.69) is 20.8 Å². The molecule has 2 unspecified atom stereocenters. The Kier molecular flexibility index (Phi) is 4.16. The van der Waals surface area contributed by atoms with Gasteiger partial charge in [-0.1, -0.05) is 32.9 Å². The van der Waals surface area contributed by atoms with Gasteiger partial charge in [0.1, 0.15) is 18.1 Å². The number of aldehydes is 1. The fourth-order valence-corrected chi connectivity index (χ4v) is 2.90. The number of methoxy groups -OCH3 is 2. The number of carbonyl (C=O) groups is 1. The van der Waals surface area contributed by atoms with E-state index in [1.165, 1.54) is 0 Å². The molecule has 2 rings (SSSR count). The molecule has 0 spiro atoms. The number of benzene rings is 1. The second-order valence-corrected chi connectivity index (χ2v) is 6.18. The molecule has 20 heavy (non-hydrogen) atoms. The molecule has 1 aromatic carbocycles. The van der Waals surface area contributed by atoms with E-state index in [9.17, 15) is 4.79 Å². The summed E-state index contributed by atoms with van der Waals surface area (Å²) in [6.07, 6.45) is 0.160. The first-order valence-electron chi connectivity index (χ1n) is 6.73. The van der Waals surface area contributed by atoms with Gasteiger partial charge in [-0.05, 0) is 11.5 Å². The summed E-state index contributed by atoms with van der Waals surface area (Å²) in [5, 5.41) is 0. The van der Waals surface area contributed by atoms with E-state index in [0.717, 1.165) is 11.8 Å². The Bertz CT molecular complexity index is 490. The predicted octanol–water partition coefficient (Wildman–Crippen LogP) is 3.01. The molecule has 1 heterocycles. The zero-order valence-corrected chi connectivity index (χ0v) is 12.7. The molecule has 0 radical (unpaired) electrons. The maximum absolute atomic E-state index is 10.9. The molecular formula is C16H22O4. The van der Waals surface area contributed by atoms with Gasteiger partial charge in [0, 0.05) is 31.3 Å². The van der Waals surface area contributed by atoms with Crippen LogP contribution in [0.15, 0.2) is 18.2 Å². The van der Waals surface area contributed by atoms with Gasteiger partial charge in [0.05, 0.1) is 0 Å². The van der Waals surface area contributed by atoms with Gasteiger partial charge in [-0.25, -0.2) is 0 Å². The molecule has 1 aliphatic rings. The van der Waals surface area contributed by atoms with Crippen molar-refractivity contribution < 1.29 is 19.0 Å². The van der Waals surface area contributed by atoms with E-state index in [-0.39, 0.29) is 17.4 Å². The van der Waals surface area contributed by atoms with Crippen molar-refractivity contribution in [3.8, 4) is 5.75 Å². The van der Waals surface area contributed by atoms with Crippen molar-refractivity contribution in [2.24, 2.45) is 5.41 Å². The molecular weight excluding hydrogens is 256 g/mol. The average Bonchev–Trinajstić information content (AvgIpc) is 2.43. The minimum Gasteiger partial charge on any atom is -0.462 e. The molecule has 0 bridgehead atoms. The smallest absolute Gasteiger partial charge is 0.226 e.